The van der Waals surface area contributed by atoms with Gasteiger partial charge in [0.05, 0.1) is 15.9 Å². The number of carboxylic acids is 1. The number of fused-ring (bicyclic) bond motifs is 1. The zero-order valence-electron chi connectivity index (χ0n) is 19.2. The van der Waals surface area contributed by atoms with Crippen LogP contribution in [0.3, 0.4) is 0 Å². The Morgan fingerprint density at radius 3 is 2.43 bits per heavy atom. The van der Waals surface area contributed by atoms with Gasteiger partial charge in [-0.05, 0) is 73.8 Å². The van der Waals surface area contributed by atoms with E-state index in [4.69, 9.17) is 14.9 Å². The summed E-state index contributed by atoms with van der Waals surface area (Å²) in [5, 5.41) is 7.12. The number of rotatable bonds is 4. The fourth-order valence-corrected chi connectivity index (χ4v) is 5.06. The van der Waals surface area contributed by atoms with E-state index in [2.05, 4.69) is 71.4 Å². The molecule has 0 aliphatic carbocycles. The minimum atomic E-state index is -5.08. The largest absolute Gasteiger partial charge is 0.490 e. The van der Waals surface area contributed by atoms with Crippen LogP contribution in [0, 0.1) is 6.92 Å². The van der Waals surface area contributed by atoms with E-state index < -0.39 is 12.1 Å². The number of piperidine rings is 1. The molecule has 5 nitrogen and oxygen atoms in total. The van der Waals surface area contributed by atoms with E-state index in [1.54, 1.807) is 0 Å². The van der Waals surface area contributed by atoms with Crippen LogP contribution in [0.1, 0.15) is 30.4 Å². The number of imidazole rings is 1. The number of para-hydroxylation sites is 1. The minimum Gasteiger partial charge on any atom is -0.475 e. The third-order valence-corrected chi connectivity index (χ3v) is 7.00. The predicted octanol–water partition coefficient (Wildman–Crippen LogP) is 6.89. The number of hydrogen-bond donors (Lipinski definition) is 2. The highest BCUT2D eigenvalue weighted by molar-refractivity contribution is 7.18. The summed E-state index contributed by atoms with van der Waals surface area (Å²) < 4.78 is 31.7. The van der Waals surface area contributed by atoms with Crippen LogP contribution in [0.5, 0.6) is 0 Å². The molecule has 0 radical (unpaired) electrons. The number of aromatic nitrogens is 2. The highest BCUT2D eigenvalue weighted by atomic mass is 32.1. The Bertz CT molecular complexity index is 1310. The molecule has 1 aliphatic heterocycles. The lowest BCUT2D eigenvalue weighted by Gasteiger charge is -2.26. The summed E-state index contributed by atoms with van der Waals surface area (Å²) in [5.41, 5.74) is 6.10. The lowest BCUT2D eigenvalue weighted by molar-refractivity contribution is -0.192. The fourth-order valence-electron chi connectivity index (χ4n) is 4.11. The van der Waals surface area contributed by atoms with Crippen molar-refractivity contribution in [2.24, 2.45) is 0 Å². The third kappa shape index (κ3) is 6.29. The number of benzene rings is 2. The second kappa shape index (κ2) is 10.6. The Balaban J connectivity index is 0.000000364. The van der Waals surface area contributed by atoms with Crippen molar-refractivity contribution in [2.45, 2.75) is 38.9 Å². The monoisotopic (exact) mass is 501 g/mol. The first-order valence-corrected chi connectivity index (χ1v) is 12.2. The van der Waals surface area contributed by atoms with Crippen molar-refractivity contribution in [3.8, 4) is 21.1 Å². The van der Waals surface area contributed by atoms with E-state index in [-0.39, 0.29) is 0 Å². The first-order valence-electron chi connectivity index (χ1n) is 11.4. The number of aromatic amines is 1. The quantitative estimate of drug-likeness (QED) is 0.320. The highest BCUT2D eigenvalue weighted by Gasteiger charge is 2.38. The smallest absolute Gasteiger partial charge is 0.475 e. The van der Waals surface area contributed by atoms with Crippen LogP contribution in [0.25, 0.3) is 32.2 Å². The highest BCUT2D eigenvalue weighted by Crippen LogP contribution is 2.34. The van der Waals surface area contributed by atoms with E-state index in [1.165, 1.54) is 58.8 Å². The summed E-state index contributed by atoms with van der Waals surface area (Å²) in [6.45, 7) is 5.65. The molecule has 35 heavy (non-hydrogen) atoms. The molecule has 4 aromatic rings. The predicted molar refractivity (Wildman–Crippen MR) is 132 cm³/mol. The lowest BCUT2D eigenvalue weighted by atomic mass is 10.1. The molecule has 0 spiro atoms. The summed E-state index contributed by atoms with van der Waals surface area (Å²) in [7, 11) is 0. The topological polar surface area (TPSA) is 69.2 Å². The molecule has 1 fully saturated rings. The van der Waals surface area contributed by atoms with Crippen molar-refractivity contribution in [1.29, 1.82) is 0 Å². The molecule has 1 aliphatic rings. The van der Waals surface area contributed by atoms with Gasteiger partial charge in [0.15, 0.2) is 0 Å². The van der Waals surface area contributed by atoms with Gasteiger partial charge in [-0.25, -0.2) is 9.78 Å². The Hall–Kier alpha value is -3.17. The van der Waals surface area contributed by atoms with E-state index in [9.17, 15) is 13.2 Å². The van der Waals surface area contributed by atoms with Crippen molar-refractivity contribution in [1.82, 2.24) is 14.9 Å². The molecule has 3 heterocycles. The van der Waals surface area contributed by atoms with Crippen LogP contribution in [-0.2, 0) is 11.3 Å². The summed E-state index contributed by atoms with van der Waals surface area (Å²) in [4.78, 5) is 22.3. The minimum absolute atomic E-state index is 0.963. The fraction of sp³-hybridized carbons (Fsp3) is 0.308. The Labute approximate surface area is 205 Å². The van der Waals surface area contributed by atoms with Crippen LogP contribution in [0.15, 0.2) is 54.6 Å². The van der Waals surface area contributed by atoms with Gasteiger partial charge in [0.25, 0.3) is 0 Å². The molecule has 2 aromatic carbocycles. The van der Waals surface area contributed by atoms with Crippen molar-refractivity contribution in [3.63, 3.8) is 0 Å². The first kappa shape index (κ1) is 24.9. The number of nitrogens with one attached hydrogen (secondary N) is 1. The molecule has 0 unspecified atom stereocenters. The number of aliphatic carboxylic acids is 1. The molecule has 5 rings (SSSR count). The lowest BCUT2D eigenvalue weighted by Crippen LogP contribution is -2.29. The molecule has 184 valence electrons. The number of hydrogen-bond acceptors (Lipinski definition) is 4. The SMILES string of the molecule is Cc1cccc2[nH]c(-c3ccc(-c4cccc(CN5CCCCC5)c4)s3)nc12.O=C(O)C(F)(F)F. The van der Waals surface area contributed by atoms with Crippen LogP contribution < -0.4 is 0 Å². The van der Waals surface area contributed by atoms with E-state index >= 15 is 0 Å². The van der Waals surface area contributed by atoms with Gasteiger partial charge in [0.2, 0.25) is 0 Å². The Morgan fingerprint density at radius 2 is 1.74 bits per heavy atom. The average Bonchev–Trinajstić information content (AvgIpc) is 3.48. The normalized spacial score (nSPS) is 14.5. The second-order valence-corrected chi connectivity index (χ2v) is 9.64. The van der Waals surface area contributed by atoms with Gasteiger partial charge in [-0.1, -0.05) is 36.8 Å². The van der Waals surface area contributed by atoms with E-state index in [1.807, 2.05) is 11.3 Å². The summed E-state index contributed by atoms with van der Waals surface area (Å²) in [6.07, 6.45) is -1.02. The van der Waals surface area contributed by atoms with Crippen LogP contribution in [0.2, 0.25) is 0 Å². The van der Waals surface area contributed by atoms with Gasteiger partial charge in [-0.2, -0.15) is 13.2 Å². The summed E-state index contributed by atoms with van der Waals surface area (Å²) in [6, 6.07) is 19.7. The van der Waals surface area contributed by atoms with Crippen molar-refractivity contribution < 1.29 is 23.1 Å². The Morgan fingerprint density at radius 1 is 1.06 bits per heavy atom. The maximum atomic E-state index is 10.6. The number of thiophene rings is 1. The van der Waals surface area contributed by atoms with Crippen molar-refractivity contribution in [2.75, 3.05) is 13.1 Å². The average molecular weight is 502 g/mol. The Kier molecular flexibility index (Phi) is 7.57. The molecular weight excluding hydrogens is 475 g/mol. The van der Waals surface area contributed by atoms with E-state index in [0.29, 0.717) is 0 Å². The number of alkyl halides is 3. The number of halogens is 3. The molecule has 2 N–H and O–H groups in total. The molecule has 2 aromatic heterocycles. The summed E-state index contributed by atoms with van der Waals surface area (Å²) >= 11 is 1.81. The zero-order valence-corrected chi connectivity index (χ0v) is 20.0. The van der Waals surface area contributed by atoms with Crippen LogP contribution >= 0.6 is 11.3 Å². The van der Waals surface area contributed by atoms with Crippen LogP contribution in [-0.4, -0.2) is 45.2 Å². The van der Waals surface area contributed by atoms with Gasteiger partial charge in [-0.3, -0.25) is 4.90 Å². The molecule has 0 atom stereocenters. The molecule has 0 bridgehead atoms. The van der Waals surface area contributed by atoms with Gasteiger partial charge in [0.1, 0.15) is 5.82 Å². The second-order valence-electron chi connectivity index (χ2n) is 8.56. The number of H-pyrrole nitrogens is 1. The van der Waals surface area contributed by atoms with Gasteiger partial charge in [-0.15, -0.1) is 11.3 Å². The summed E-state index contributed by atoms with van der Waals surface area (Å²) in [5.74, 6) is -1.79. The number of likely N-dealkylation sites (tertiary alicyclic amines) is 1. The third-order valence-electron chi connectivity index (χ3n) is 5.86. The van der Waals surface area contributed by atoms with Crippen molar-refractivity contribution >= 4 is 28.3 Å². The number of nitrogens with zero attached hydrogens (tertiary/aromatic N) is 2. The molecule has 9 heteroatoms. The number of carboxylic acid groups (broad SMARTS) is 1. The maximum Gasteiger partial charge on any atom is 0.490 e. The van der Waals surface area contributed by atoms with Gasteiger partial charge in [0, 0.05) is 11.4 Å². The standard InChI is InChI=1S/C24H25N3S.C2HF3O2/c1-17-7-5-10-20-23(17)26-24(25-20)22-12-11-21(28-22)19-9-6-8-18(15-19)16-27-13-3-2-4-14-27;3-2(4,5)1(6)7/h5-12,15H,2-4,13-14,16H2,1H3,(H,25,26);(H,6,7). The maximum absolute atomic E-state index is 10.6. The number of aryl methyl sites for hydroxylation is 1. The molecule has 0 saturated carbocycles. The van der Waals surface area contributed by atoms with E-state index in [0.717, 1.165) is 23.4 Å². The van der Waals surface area contributed by atoms with Gasteiger partial charge < -0.3 is 10.1 Å². The van der Waals surface area contributed by atoms with Crippen molar-refractivity contribution in [3.05, 3.63) is 65.7 Å². The van der Waals surface area contributed by atoms with Gasteiger partial charge >= 0.3 is 12.1 Å². The number of carbonyl (C=O) groups is 1. The zero-order chi connectivity index (χ0) is 25.0. The molecule has 1 saturated heterocycles. The molecule has 0 amide bonds. The molecular formula is C26H26F3N3O2S. The van der Waals surface area contributed by atoms with Crippen LogP contribution in [0.4, 0.5) is 13.2 Å². The first-order chi connectivity index (χ1) is 16.7.